The van der Waals surface area contributed by atoms with E-state index in [1.807, 2.05) is 20.0 Å². The lowest BCUT2D eigenvalue weighted by molar-refractivity contribution is 0.620. The number of aromatic nitrogens is 2. The van der Waals surface area contributed by atoms with Crippen LogP contribution in [0.5, 0.6) is 0 Å². The second kappa shape index (κ2) is 5.74. The standard InChI is InChI=1S/C14H17BrFN3/c1-4-5-19-8-10(3)17-14(19)18-13-7-11(15)12(16)6-9(13)2/h6-8H,4-5H2,1-3H3,(H,17,18). The normalized spacial score (nSPS) is 10.8. The van der Waals surface area contributed by atoms with Crippen molar-refractivity contribution in [3.63, 3.8) is 0 Å². The molecule has 0 bridgehead atoms. The fraction of sp³-hybridized carbons (Fsp3) is 0.357. The van der Waals surface area contributed by atoms with Gasteiger partial charge in [0.2, 0.25) is 5.95 Å². The van der Waals surface area contributed by atoms with Crippen LogP contribution in [0.2, 0.25) is 0 Å². The van der Waals surface area contributed by atoms with Crippen LogP contribution in [0.15, 0.2) is 22.8 Å². The Morgan fingerprint density at radius 2 is 2.11 bits per heavy atom. The molecule has 1 aromatic carbocycles. The molecule has 0 amide bonds. The molecule has 0 aliphatic carbocycles. The van der Waals surface area contributed by atoms with Gasteiger partial charge in [0.05, 0.1) is 10.2 Å². The highest BCUT2D eigenvalue weighted by atomic mass is 79.9. The molecule has 1 aromatic heterocycles. The monoisotopic (exact) mass is 325 g/mol. The van der Waals surface area contributed by atoms with Crippen molar-refractivity contribution in [2.24, 2.45) is 0 Å². The minimum Gasteiger partial charge on any atom is -0.325 e. The number of halogens is 2. The highest BCUT2D eigenvalue weighted by molar-refractivity contribution is 9.10. The maximum Gasteiger partial charge on any atom is 0.207 e. The number of nitrogens with zero attached hydrogens (tertiary/aromatic N) is 2. The molecular formula is C14H17BrFN3. The van der Waals surface area contributed by atoms with Crippen molar-refractivity contribution in [2.75, 3.05) is 5.32 Å². The van der Waals surface area contributed by atoms with Gasteiger partial charge in [0, 0.05) is 18.4 Å². The molecule has 0 saturated heterocycles. The number of nitrogens with one attached hydrogen (secondary N) is 1. The highest BCUT2D eigenvalue weighted by Crippen LogP contribution is 2.26. The van der Waals surface area contributed by atoms with Crippen LogP contribution in [-0.4, -0.2) is 9.55 Å². The summed E-state index contributed by atoms with van der Waals surface area (Å²) in [4.78, 5) is 4.46. The number of benzene rings is 1. The van der Waals surface area contributed by atoms with E-state index in [4.69, 9.17) is 0 Å². The zero-order chi connectivity index (χ0) is 14.0. The lowest BCUT2D eigenvalue weighted by Gasteiger charge is -2.11. The van der Waals surface area contributed by atoms with Crippen molar-refractivity contribution in [1.29, 1.82) is 0 Å². The molecule has 102 valence electrons. The summed E-state index contributed by atoms with van der Waals surface area (Å²) >= 11 is 3.21. The molecule has 1 heterocycles. The topological polar surface area (TPSA) is 29.9 Å². The van der Waals surface area contributed by atoms with E-state index in [9.17, 15) is 4.39 Å². The van der Waals surface area contributed by atoms with Crippen LogP contribution in [0.3, 0.4) is 0 Å². The molecule has 0 saturated carbocycles. The molecule has 2 aromatic rings. The molecule has 0 aliphatic heterocycles. The van der Waals surface area contributed by atoms with Gasteiger partial charge in [0.1, 0.15) is 5.82 Å². The van der Waals surface area contributed by atoms with Gasteiger partial charge in [-0.2, -0.15) is 0 Å². The Morgan fingerprint density at radius 1 is 1.37 bits per heavy atom. The van der Waals surface area contributed by atoms with Crippen LogP contribution in [0, 0.1) is 19.7 Å². The second-order valence-corrected chi connectivity index (χ2v) is 5.46. The van der Waals surface area contributed by atoms with Crippen LogP contribution in [0.25, 0.3) is 0 Å². The first-order valence-electron chi connectivity index (χ1n) is 6.27. The minimum absolute atomic E-state index is 0.254. The predicted molar refractivity (Wildman–Crippen MR) is 79.4 cm³/mol. The van der Waals surface area contributed by atoms with Crippen LogP contribution >= 0.6 is 15.9 Å². The summed E-state index contributed by atoms with van der Waals surface area (Å²) in [5.74, 6) is 0.539. The quantitative estimate of drug-likeness (QED) is 0.893. The van der Waals surface area contributed by atoms with Gasteiger partial charge in [-0.15, -0.1) is 0 Å². The number of hydrogen-bond donors (Lipinski definition) is 1. The molecule has 0 spiro atoms. The van der Waals surface area contributed by atoms with Gasteiger partial charge in [0.15, 0.2) is 0 Å². The van der Waals surface area contributed by atoms with Crippen LogP contribution in [-0.2, 0) is 6.54 Å². The number of rotatable bonds is 4. The van der Waals surface area contributed by atoms with Gasteiger partial charge in [0.25, 0.3) is 0 Å². The molecule has 0 aliphatic rings. The van der Waals surface area contributed by atoms with Gasteiger partial charge in [-0.1, -0.05) is 6.92 Å². The predicted octanol–water partition coefficient (Wildman–Crippen LogP) is 4.56. The molecule has 3 nitrogen and oxygen atoms in total. The third-order valence-corrected chi connectivity index (χ3v) is 3.48. The lowest BCUT2D eigenvalue weighted by Crippen LogP contribution is -2.04. The lowest BCUT2D eigenvalue weighted by atomic mass is 10.2. The second-order valence-electron chi connectivity index (χ2n) is 4.61. The zero-order valence-electron chi connectivity index (χ0n) is 11.3. The van der Waals surface area contributed by atoms with E-state index in [2.05, 4.69) is 37.7 Å². The van der Waals surface area contributed by atoms with Crippen molar-refractivity contribution in [3.05, 3.63) is 39.9 Å². The Balaban J connectivity index is 2.33. The molecule has 5 heteroatoms. The largest absolute Gasteiger partial charge is 0.325 e. The maximum atomic E-state index is 13.4. The van der Waals surface area contributed by atoms with Gasteiger partial charge >= 0.3 is 0 Å². The summed E-state index contributed by atoms with van der Waals surface area (Å²) in [5, 5.41) is 3.27. The fourth-order valence-electron chi connectivity index (χ4n) is 1.96. The Kier molecular flexibility index (Phi) is 4.24. The fourth-order valence-corrected chi connectivity index (χ4v) is 2.30. The Hall–Kier alpha value is -1.36. The number of hydrogen-bond acceptors (Lipinski definition) is 2. The zero-order valence-corrected chi connectivity index (χ0v) is 12.9. The van der Waals surface area contributed by atoms with Gasteiger partial charge in [-0.3, -0.25) is 0 Å². The van der Waals surface area contributed by atoms with Gasteiger partial charge in [-0.05, 0) is 53.9 Å². The summed E-state index contributed by atoms with van der Waals surface area (Å²) in [6.07, 6.45) is 3.05. The number of aryl methyl sites for hydroxylation is 3. The summed E-state index contributed by atoms with van der Waals surface area (Å²) in [7, 11) is 0. The van der Waals surface area contributed by atoms with E-state index < -0.39 is 0 Å². The first-order valence-corrected chi connectivity index (χ1v) is 7.07. The maximum absolute atomic E-state index is 13.4. The van der Waals surface area contributed by atoms with E-state index in [1.165, 1.54) is 6.07 Å². The molecule has 0 atom stereocenters. The molecular weight excluding hydrogens is 309 g/mol. The number of anilines is 2. The van der Waals surface area contributed by atoms with Gasteiger partial charge < -0.3 is 9.88 Å². The first kappa shape index (κ1) is 14.1. The van der Waals surface area contributed by atoms with Crippen molar-refractivity contribution in [1.82, 2.24) is 9.55 Å². The van der Waals surface area contributed by atoms with E-state index in [-0.39, 0.29) is 5.82 Å². The van der Waals surface area contributed by atoms with Crippen LogP contribution < -0.4 is 5.32 Å². The van der Waals surface area contributed by atoms with E-state index in [1.54, 1.807) is 6.07 Å². The summed E-state index contributed by atoms with van der Waals surface area (Å²) in [5.41, 5.74) is 2.68. The average Bonchev–Trinajstić information content (AvgIpc) is 2.67. The van der Waals surface area contributed by atoms with E-state index in [0.717, 1.165) is 35.9 Å². The van der Waals surface area contributed by atoms with Crippen molar-refractivity contribution < 1.29 is 4.39 Å². The summed E-state index contributed by atoms with van der Waals surface area (Å²) < 4.78 is 15.9. The average molecular weight is 326 g/mol. The molecule has 1 N–H and O–H groups in total. The highest BCUT2D eigenvalue weighted by Gasteiger charge is 2.09. The molecule has 0 radical (unpaired) electrons. The SMILES string of the molecule is CCCn1cc(C)nc1Nc1cc(Br)c(F)cc1C. The minimum atomic E-state index is -0.254. The summed E-state index contributed by atoms with van der Waals surface area (Å²) in [6, 6.07) is 3.25. The van der Waals surface area contributed by atoms with Crippen LogP contribution in [0.4, 0.5) is 16.0 Å². The van der Waals surface area contributed by atoms with Crippen LogP contribution in [0.1, 0.15) is 24.6 Å². The van der Waals surface area contributed by atoms with Crippen molar-refractivity contribution in [2.45, 2.75) is 33.7 Å². The molecule has 0 fully saturated rings. The molecule has 2 rings (SSSR count). The van der Waals surface area contributed by atoms with Crippen molar-refractivity contribution in [3.8, 4) is 0 Å². The van der Waals surface area contributed by atoms with E-state index in [0.29, 0.717) is 4.47 Å². The van der Waals surface area contributed by atoms with E-state index >= 15 is 0 Å². The Labute approximate surface area is 121 Å². The Morgan fingerprint density at radius 3 is 2.79 bits per heavy atom. The molecule has 19 heavy (non-hydrogen) atoms. The third-order valence-electron chi connectivity index (χ3n) is 2.88. The van der Waals surface area contributed by atoms with Crippen molar-refractivity contribution >= 4 is 27.6 Å². The summed E-state index contributed by atoms with van der Waals surface area (Å²) in [6.45, 7) is 6.87. The van der Waals surface area contributed by atoms with Gasteiger partial charge in [-0.25, -0.2) is 9.37 Å². The Bertz CT molecular complexity index is 593. The third kappa shape index (κ3) is 3.15. The smallest absolute Gasteiger partial charge is 0.207 e. The first-order chi connectivity index (χ1) is 9.01. The number of imidazole rings is 1. The molecule has 0 unspecified atom stereocenters.